The summed E-state index contributed by atoms with van der Waals surface area (Å²) in [6.45, 7) is 10.4. The van der Waals surface area contributed by atoms with Crippen LogP contribution < -0.4 is 5.32 Å². The lowest BCUT2D eigenvalue weighted by molar-refractivity contribution is -0.188. The van der Waals surface area contributed by atoms with E-state index in [2.05, 4.69) is 35.1 Å². The number of aromatic amines is 2. The Morgan fingerprint density at radius 1 is 0.880 bits per heavy atom. The van der Waals surface area contributed by atoms with Crippen LogP contribution in [0.5, 0.6) is 0 Å². The fourth-order valence-electron chi connectivity index (χ4n) is 6.18. The van der Waals surface area contributed by atoms with Gasteiger partial charge in [-0.2, -0.15) is 4.89 Å². The van der Waals surface area contributed by atoms with Gasteiger partial charge in [0.05, 0.1) is 76.5 Å². The van der Waals surface area contributed by atoms with Crippen LogP contribution in [0.15, 0.2) is 29.5 Å². The molecule has 16 heteroatoms. The zero-order valence-corrected chi connectivity index (χ0v) is 29.9. The Kier molecular flexibility index (Phi) is 14.8. The third kappa shape index (κ3) is 10.4. The molecule has 0 aromatic carbocycles. The topological polar surface area (TPSA) is 186 Å². The minimum atomic E-state index is -0.680. The highest BCUT2D eigenvalue weighted by molar-refractivity contribution is 5.86. The summed E-state index contributed by atoms with van der Waals surface area (Å²) in [5.74, 6) is 1.13. The second-order valence-corrected chi connectivity index (χ2v) is 13.0. The van der Waals surface area contributed by atoms with Crippen molar-refractivity contribution >= 4 is 24.3 Å². The highest BCUT2D eigenvalue weighted by Crippen LogP contribution is 2.33. The number of methoxy groups -OCH3 is 1. The molecule has 276 valence electrons. The summed E-state index contributed by atoms with van der Waals surface area (Å²) in [6, 6.07) is -1.59. The number of hydrogen-bond acceptors (Lipinski definition) is 11. The summed E-state index contributed by atoms with van der Waals surface area (Å²) in [4.78, 5) is 71.4. The van der Waals surface area contributed by atoms with Gasteiger partial charge < -0.3 is 44.2 Å². The van der Waals surface area contributed by atoms with E-state index in [1.54, 1.807) is 17.3 Å². The van der Waals surface area contributed by atoms with Gasteiger partial charge in [-0.25, -0.2) is 19.8 Å². The summed E-state index contributed by atoms with van der Waals surface area (Å²) in [6.07, 6.45) is 11.1. The maximum atomic E-state index is 13.3. The summed E-state index contributed by atoms with van der Waals surface area (Å²) in [7, 11) is 2.66. The van der Waals surface area contributed by atoms with Crippen molar-refractivity contribution < 1.29 is 38.4 Å². The van der Waals surface area contributed by atoms with Gasteiger partial charge in [-0.15, -0.1) is 0 Å². The fourth-order valence-corrected chi connectivity index (χ4v) is 6.18. The average Bonchev–Trinajstić information content (AvgIpc) is 3.92. The number of rotatable bonds is 18. The van der Waals surface area contributed by atoms with Gasteiger partial charge in [-0.3, -0.25) is 9.59 Å². The normalized spacial score (nSPS) is 19.3. The zero-order valence-electron chi connectivity index (χ0n) is 29.9. The van der Waals surface area contributed by atoms with Crippen molar-refractivity contribution in [3.63, 3.8) is 0 Å². The summed E-state index contributed by atoms with van der Waals surface area (Å²) in [5, 5.41) is 2.67. The van der Waals surface area contributed by atoms with Gasteiger partial charge >= 0.3 is 6.09 Å². The lowest BCUT2D eigenvalue weighted by Crippen LogP contribution is -2.51. The molecule has 50 heavy (non-hydrogen) atoms. The first kappa shape index (κ1) is 38.5. The SMILES string of the molecule is COO/C=N\[C@H](C(=O)N1CCC[C@H]1c1ncc(COC/C=C/COCc2cnc([C@@H]3CCCN3C(=O)[C@@H](NC(=O)OC)C(C)C)[nH]2)[nH]1)C(C)C. The monoisotopic (exact) mass is 700 g/mol. The Morgan fingerprint density at radius 3 is 1.90 bits per heavy atom. The number of carbonyl (C=O) groups is 3. The van der Waals surface area contributed by atoms with Crippen molar-refractivity contribution in [2.75, 3.05) is 40.5 Å². The number of likely N-dealkylation sites (tertiary alicyclic amines) is 2. The lowest BCUT2D eigenvalue weighted by atomic mass is 10.0. The molecule has 2 fully saturated rings. The smallest absolute Gasteiger partial charge is 0.407 e. The van der Waals surface area contributed by atoms with E-state index in [1.165, 1.54) is 20.6 Å². The van der Waals surface area contributed by atoms with Crippen molar-refractivity contribution in [1.82, 2.24) is 35.1 Å². The molecule has 2 aromatic heterocycles. The molecule has 0 radical (unpaired) electrons. The first-order valence-corrected chi connectivity index (χ1v) is 17.2. The number of nitrogens with one attached hydrogen (secondary N) is 3. The van der Waals surface area contributed by atoms with Gasteiger partial charge in [0.1, 0.15) is 23.7 Å². The molecule has 0 aliphatic carbocycles. The predicted molar refractivity (Wildman–Crippen MR) is 182 cm³/mol. The summed E-state index contributed by atoms with van der Waals surface area (Å²) in [5.41, 5.74) is 1.63. The van der Waals surface area contributed by atoms with Crippen LogP contribution in [0.4, 0.5) is 4.79 Å². The molecule has 0 unspecified atom stereocenters. The molecular formula is C34H52N8O8. The number of imidazole rings is 2. The molecule has 2 aliphatic heterocycles. The molecule has 0 bridgehead atoms. The van der Waals surface area contributed by atoms with Crippen LogP contribution in [0.25, 0.3) is 0 Å². The Balaban J connectivity index is 1.18. The Labute approximate surface area is 293 Å². The largest absolute Gasteiger partial charge is 0.453 e. The summed E-state index contributed by atoms with van der Waals surface area (Å²) < 4.78 is 16.3. The molecule has 0 spiro atoms. The van der Waals surface area contributed by atoms with Gasteiger partial charge in [0.2, 0.25) is 18.2 Å². The second kappa shape index (κ2) is 19.2. The lowest BCUT2D eigenvalue weighted by Gasteiger charge is -2.30. The van der Waals surface area contributed by atoms with Gasteiger partial charge in [-0.05, 0) is 37.5 Å². The van der Waals surface area contributed by atoms with Crippen molar-refractivity contribution in [1.29, 1.82) is 0 Å². The maximum Gasteiger partial charge on any atom is 0.407 e. The van der Waals surface area contributed by atoms with E-state index in [4.69, 9.17) is 19.1 Å². The molecule has 2 saturated heterocycles. The number of carbonyl (C=O) groups excluding carboxylic acids is 3. The minimum absolute atomic E-state index is 0.00715. The number of hydrogen-bond donors (Lipinski definition) is 3. The molecule has 4 rings (SSSR count). The molecule has 16 nitrogen and oxygen atoms in total. The third-order valence-electron chi connectivity index (χ3n) is 8.75. The number of aliphatic imine (C=N–C) groups is 1. The second-order valence-electron chi connectivity index (χ2n) is 13.0. The maximum absolute atomic E-state index is 13.3. The van der Waals surface area contributed by atoms with Gasteiger partial charge in [-0.1, -0.05) is 39.8 Å². The van der Waals surface area contributed by atoms with E-state index < -0.39 is 18.2 Å². The molecule has 3 N–H and O–H groups in total. The molecule has 4 atom stereocenters. The van der Waals surface area contributed by atoms with E-state index >= 15 is 0 Å². The number of aromatic nitrogens is 4. The van der Waals surface area contributed by atoms with E-state index in [9.17, 15) is 14.4 Å². The quantitative estimate of drug-likeness (QED) is 0.0517. The van der Waals surface area contributed by atoms with Crippen molar-refractivity contribution in [2.45, 2.75) is 90.8 Å². The van der Waals surface area contributed by atoms with E-state index in [0.717, 1.165) is 42.9 Å². The van der Waals surface area contributed by atoms with Crippen LogP contribution in [0, 0.1) is 11.8 Å². The highest BCUT2D eigenvalue weighted by Gasteiger charge is 2.38. The standard InChI is InChI=1S/C34H52N8O8/c1-22(2)28(37-21-50-47-6)32(43)41-13-9-11-26(41)30-35-17-24(38-30)19-48-15-7-8-16-49-20-25-18-36-31(39-25)27-12-10-14-42(27)33(44)29(23(3)4)40-34(45)46-5/h7-8,17-18,21-23,26-29H,9-16,19-20H2,1-6H3,(H,35,38)(H,36,39)(H,40,45)/b8-7+,37-21-/t26-,27-,28-,29-/m0/s1. The van der Waals surface area contributed by atoms with Crippen LogP contribution in [0.1, 0.15) is 88.5 Å². The first-order chi connectivity index (χ1) is 24.1. The molecule has 4 heterocycles. The van der Waals surface area contributed by atoms with Crippen molar-refractivity contribution in [2.24, 2.45) is 16.8 Å². The average molecular weight is 701 g/mol. The number of H-pyrrole nitrogens is 2. The van der Waals surface area contributed by atoms with E-state index in [1.807, 2.05) is 44.7 Å². The fraction of sp³-hybridized carbons (Fsp3) is 0.647. The minimum Gasteiger partial charge on any atom is -0.453 e. The summed E-state index contributed by atoms with van der Waals surface area (Å²) >= 11 is 0. The van der Waals surface area contributed by atoms with Crippen LogP contribution in [-0.4, -0.2) is 107 Å². The van der Waals surface area contributed by atoms with Crippen molar-refractivity contribution in [3.05, 3.63) is 47.6 Å². The molecule has 2 aliphatic rings. The van der Waals surface area contributed by atoms with Crippen LogP contribution in [-0.2, 0) is 46.8 Å². The Morgan fingerprint density at radius 2 is 1.42 bits per heavy atom. The number of nitrogens with zero attached hydrogens (tertiary/aromatic N) is 5. The predicted octanol–water partition coefficient (Wildman–Crippen LogP) is 3.76. The first-order valence-electron chi connectivity index (χ1n) is 17.2. The zero-order chi connectivity index (χ0) is 36.0. The van der Waals surface area contributed by atoms with Gasteiger partial charge in [0, 0.05) is 13.1 Å². The van der Waals surface area contributed by atoms with E-state index in [-0.39, 0.29) is 35.7 Å². The number of ether oxygens (including phenoxy) is 3. The Bertz CT molecular complexity index is 1440. The number of amides is 3. The van der Waals surface area contributed by atoms with E-state index in [0.29, 0.717) is 45.3 Å². The molecule has 3 amide bonds. The van der Waals surface area contributed by atoms with Crippen molar-refractivity contribution in [3.8, 4) is 0 Å². The van der Waals surface area contributed by atoms with Gasteiger partial charge in [0.15, 0.2) is 0 Å². The molecule has 2 aromatic rings. The van der Waals surface area contributed by atoms with Crippen LogP contribution >= 0.6 is 0 Å². The highest BCUT2D eigenvalue weighted by atomic mass is 17.2. The molecular weight excluding hydrogens is 648 g/mol. The van der Waals surface area contributed by atoms with Crippen LogP contribution in [0.3, 0.4) is 0 Å². The number of alkyl carbamates (subject to hydrolysis) is 1. The Hall–Kier alpha value is -4.28. The van der Waals surface area contributed by atoms with Gasteiger partial charge in [0.25, 0.3) is 0 Å². The molecule has 0 saturated carbocycles. The van der Waals surface area contributed by atoms with Crippen LogP contribution in [0.2, 0.25) is 0 Å². The third-order valence-corrected chi connectivity index (χ3v) is 8.75.